The summed E-state index contributed by atoms with van der Waals surface area (Å²) in [5.74, 6) is -2.07. The highest BCUT2D eigenvalue weighted by Crippen LogP contribution is 2.26. The van der Waals surface area contributed by atoms with Gasteiger partial charge in [-0.25, -0.2) is 0 Å². The summed E-state index contributed by atoms with van der Waals surface area (Å²) in [5, 5.41) is 11.3. The number of carbonyl (C=O) groups is 8. The van der Waals surface area contributed by atoms with Crippen LogP contribution in [0, 0.1) is 11.8 Å². The lowest BCUT2D eigenvalue weighted by Gasteiger charge is -2.20. The van der Waals surface area contributed by atoms with E-state index in [9.17, 15) is 38.4 Å². The summed E-state index contributed by atoms with van der Waals surface area (Å²) in [6, 6.07) is -0.835. The van der Waals surface area contributed by atoms with Crippen LogP contribution in [-0.2, 0) is 38.4 Å². The monoisotopic (exact) mass is 692 g/mol. The SMILES string of the molecule is CSCCC(=O)NCCCCCCNC(=O)[C@H](CCCCNC(=O)CCN1C(=O)C=CC1=O)NC(=O)CCN1C(=O)CC(C(C)C)C1=O. The summed E-state index contributed by atoms with van der Waals surface area (Å²) < 4.78 is 0. The van der Waals surface area contributed by atoms with Gasteiger partial charge in [-0.2, -0.15) is 11.8 Å². The van der Waals surface area contributed by atoms with Crippen molar-refractivity contribution in [2.24, 2.45) is 11.8 Å². The third-order valence-electron chi connectivity index (χ3n) is 8.26. The molecule has 2 rings (SSSR count). The summed E-state index contributed by atoms with van der Waals surface area (Å²) in [7, 11) is 0. The van der Waals surface area contributed by atoms with Crippen LogP contribution in [-0.4, -0.2) is 108 Å². The first-order valence-electron chi connectivity index (χ1n) is 16.9. The fraction of sp³-hybridized carbons (Fsp3) is 0.697. The molecule has 0 aromatic carbocycles. The minimum Gasteiger partial charge on any atom is -0.356 e. The fourth-order valence-electron chi connectivity index (χ4n) is 5.32. The zero-order valence-electron chi connectivity index (χ0n) is 28.5. The molecule has 2 atom stereocenters. The largest absolute Gasteiger partial charge is 0.356 e. The summed E-state index contributed by atoms with van der Waals surface area (Å²) in [4.78, 5) is 100. The first-order valence-corrected chi connectivity index (χ1v) is 18.3. The molecule has 2 aliphatic heterocycles. The number of imide groups is 2. The molecule has 0 radical (unpaired) electrons. The predicted octanol–water partition coefficient (Wildman–Crippen LogP) is 1.04. The van der Waals surface area contributed by atoms with E-state index >= 15 is 0 Å². The Morgan fingerprint density at radius 3 is 1.88 bits per heavy atom. The topological polar surface area (TPSA) is 191 Å². The Balaban J connectivity index is 1.77. The van der Waals surface area contributed by atoms with Crippen molar-refractivity contribution < 1.29 is 38.4 Å². The van der Waals surface area contributed by atoms with Gasteiger partial charge in [0.1, 0.15) is 6.04 Å². The van der Waals surface area contributed by atoms with Crippen molar-refractivity contribution in [3.05, 3.63) is 12.2 Å². The minimum atomic E-state index is -0.835. The Labute approximate surface area is 287 Å². The van der Waals surface area contributed by atoms with Gasteiger partial charge in [0.05, 0.1) is 0 Å². The van der Waals surface area contributed by atoms with Crippen molar-refractivity contribution in [3.8, 4) is 0 Å². The average Bonchev–Trinajstić information content (AvgIpc) is 3.53. The molecule has 0 aromatic heterocycles. The molecule has 0 aromatic rings. The van der Waals surface area contributed by atoms with Crippen LogP contribution in [0.3, 0.4) is 0 Å². The second-order valence-electron chi connectivity index (χ2n) is 12.4. The molecular weight excluding hydrogens is 640 g/mol. The average molecular weight is 693 g/mol. The highest BCUT2D eigenvalue weighted by molar-refractivity contribution is 7.98. The van der Waals surface area contributed by atoms with Crippen LogP contribution in [0.1, 0.15) is 84.5 Å². The number of carbonyl (C=O) groups excluding carboxylic acids is 8. The molecule has 8 amide bonds. The lowest BCUT2D eigenvalue weighted by Crippen LogP contribution is -2.47. The molecule has 1 fully saturated rings. The molecule has 0 saturated carbocycles. The van der Waals surface area contributed by atoms with E-state index in [1.807, 2.05) is 20.1 Å². The zero-order chi connectivity index (χ0) is 35.5. The third kappa shape index (κ3) is 14.6. The third-order valence-corrected chi connectivity index (χ3v) is 8.87. The summed E-state index contributed by atoms with van der Waals surface area (Å²) in [6.45, 7) is 5.07. The number of nitrogens with one attached hydrogen (secondary N) is 4. The summed E-state index contributed by atoms with van der Waals surface area (Å²) in [6.07, 6.45) is 9.49. The molecule has 15 heteroatoms. The van der Waals surface area contributed by atoms with Crippen molar-refractivity contribution in [3.63, 3.8) is 0 Å². The second kappa shape index (κ2) is 22.0. The minimum absolute atomic E-state index is 0.00750. The maximum Gasteiger partial charge on any atom is 0.253 e. The molecule has 0 spiro atoms. The molecule has 2 heterocycles. The first-order chi connectivity index (χ1) is 22.9. The fourth-order valence-corrected chi connectivity index (χ4v) is 5.71. The summed E-state index contributed by atoms with van der Waals surface area (Å²) >= 11 is 1.63. The smallest absolute Gasteiger partial charge is 0.253 e. The van der Waals surface area contributed by atoms with Crippen molar-refractivity contribution in [2.45, 2.75) is 90.5 Å². The van der Waals surface area contributed by atoms with E-state index in [1.165, 1.54) is 0 Å². The van der Waals surface area contributed by atoms with Crippen LogP contribution in [0.25, 0.3) is 0 Å². The number of amides is 8. The van der Waals surface area contributed by atoms with Crippen molar-refractivity contribution in [2.75, 3.05) is 44.7 Å². The maximum absolute atomic E-state index is 13.1. The molecule has 48 heavy (non-hydrogen) atoms. The van der Waals surface area contributed by atoms with E-state index in [0.717, 1.165) is 53.4 Å². The highest BCUT2D eigenvalue weighted by atomic mass is 32.2. The van der Waals surface area contributed by atoms with Gasteiger partial charge in [0.2, 0.25) is 35.4 Å². The molecule has 1 unspecified atom stereocenters. The number of hydrogen-bond acceptors (Lipinski definition) is 9. The van der Waals surface area contributed by atoms with Crippen LogP contribution in [0.4, 0.5) is 0 Å². The molecule has 4 N–H and O–H groups in total. The van der Waals surface area contributed by atoms with Gasteiger partial charge in [0.15, 0.2) is 0 Å². The number of nitrogens with zero attached hydrogens (tertiary/aromatic N) is 2. The van der Waals surface area contributed by atoms with Crippen LogP contribution in [0.5, 0.6) is 0 Å². The van der Waals surface area contributed by atoms with Gasteiger partial charge < -0.3 is 21.3 Å². The highest BCUT2D eigenvalue weighted by Gasteiger charge is 2.40. The Morgan fingerprint density at radius 2 is 1.29 bits per heavy atom. The normalized spacial score (nSPS) is 16.5. The van der Waals surface area contributed by atoms with Crippen LogP contribution >= 0.6 is 11.8 Å². The van der Waals surface area contributed by atoms with E-state index in [1.54, 1.807) is 11.8 Å². The molecule has 0 aliphatic carbocycles. The van der Waals surface area contributed by atoms with Gasteiger partial charge in [-0.05, 0) is 44.3 Å². The van der Waals surface area contributed by atoms with Crippen LogP contribution in [0.2, 0.25) is 0 Å². The number of likely N-dealkylation sites (tertiary alicyclic amines) is 1. The lowest BCUT2D eigenvalue weighted by molar-refractivity contribution is -0.141. The predicted molar refractivity (Wildman–Crippen MR) is 181 cm³/mol. The Bertz CT molecular complexity index is 1170. The van der Waals surface area contributed by atoms with E-state index in [-0.39, 0.29) is 73.7 Å². The molecule has 14 nitrogen and oxygen atoms in total. The maximum atomic E-state index is 13.1. The Kier molecular flexibility index (Phi) is 18.5. The molecule has 1 saturated heterocycles. The number of unbranched alkanes of at least 4 members (excludes halogenated alkanes) is 4. The van der Waals surface area contributed by atoms with E-state index in [0.29, 0.717) is 45.3 Å². The molecular formula is C33H52N6O8S. The van der Waals surface area contributed by atoms with Crippen LogP contribution < -0.4 is 21.3 Å². The van der Waals surface area contributed by atoms with E-state index in [2.05, 4.69) is 21.3 Å². The van der Waals surface area contributed by atoms with Crippen LogP contribution in [0.15, 0.2) is 12.2 Å². The van der Waals surface area contributed by atoms with Gasteiger partial charge in [0.25, 0.3) is 11.8 Å². The quantitative estimate of drug-likeness (QED) is 0.0846. The van der Waals surface area contributed by atoms with Gasteiger partial charge in [-0.15, -0.1) is 0 Å². The number of hydrogen-bond donors (Lipinski definition) is 4. The molecule has 0 bridgehead atoms. The van der Waals surface area contributed by atoms with Crippen molar-refractivity contribution in [1.29, 1.82) is 0 Å². The molecule has 268 valence electrons. The molecule has 2 aliphatic rings. The Morgan fingerprint density at radius 1 is 0.750 bits per heavy atom. The van der Waals surface area contributed by atoms with Gasteiger partial charge in [-0.1, -0.05) is 26.7 Å². The van der Waals surface area contributed by atoms with Crippen molar-refractivity contribution in [1.82, 2.24) is 31.1 Å². The summed E-state index contributed by atoms with van der Waals surface area (Å²) in [5.41, 5.74) is 0. The second-order valence-corrected chi connectivity index (χ2v) is 13.3. The lowest BCUT2D eigenvalue weighted by atomic mass is 9.94. The standard InChI is InChI=1S/C33H52N6O8S/c1-23(2)24-22-31(45)39(33(24)47)20-14-28(42)37-25(32(46)36-18-8-5-4-7-16-35-27(41)15-21-48-3)10-6-9-17-34-26(40)13-19-38-29(43)11-12-30(38)44/h11-12,23-25H,4-10,13-22H2,1-3H3,(H,34,40)(H,35,41)(H,36,46)(H,37,42)/t24?,25-/m0/s1. The number of thioether (sulfide) groups is 1. The Hall–Kier alpha value is -3.75. The first kappa shape index (κ1) is 40.4. The zero-order valence-corrected chi connectivity index (χ0v) is 29.3. The van der Waals surface area contributed by atoms with Crippen molar-refractivity contribution >= 4 is 59.0 Å². The van der Waals surface area contributed by atoms with Gasteiger partial charge in [-0.3, -0.25) is 48.2 Å². The van der Waals surface area contributed by atoms with E-state index < -0.39 is 23.8 Å². The van der Waals surface area contributed by atoms with Gasteiger partial charge in [0, 0.05) is 82.2 Å². The van der Waals surface area contributed by atoms with E-state index in [4.69, 9.17) is 0 Å². The van der Waals surface area contributed by atoms with Gasteiger partial charge >= 0.3 is 0 Å². The number of rotatable bonds is 24.